The molecule has 2 saturated heterocycles. The van der Waals surface area contributed by atoms with E-state index in [0.29, 0.717) is 4.88 Å². The number of hydrogen-bond acceptors (Lipinski definition) is 7. The van der Waals surface area contributed by atoms with Gasteiger partial charge in [-0.05, 0) is 11.4 Å². The minimum atomic E-state index is -1.83. The monoisotopic (exact) mass is 312 g/mol. The number of fused-ring (bicyclic) bond motifs is 2. The Bertz CT molecular complexity index is 755. The molecule has 4 unspecified atom stereocenters. The second-order valence-electron chi connectivity index (χ2n) is 5.63. The SMILES string of the molecule is CC1C2(C)OC(=N)C1(C#N)C(C#N)(C#N)C(c1cccs1)O2. The van der Waals surface area contributed by atoms with Gasteiger partial charge in [0.15, 0.2) is 5.41 Å². The van der Waals surface area contributed by atoms with Crippen molar-refractivity contribution in [2.45, 2.75) is 25.7 Å². The Balaban J connectivity index is 2.34. The zero-order valence-electron chi connectivity index (χ0n) is 12.0. The standard InChI is InChI=1S/C15H12N4O2S/c1-9-13(2)20-11(10-4-3-5-22-10)14(6-16,7-17)15(9,8-18)12(19)21-13/h3-5,9,11,19H,1-2H3. The summed E-state index contributed by atoms with van der Waals surface area (Å²) in [7, 11) is 0. The molecule has 0 aromatic carbocycles. The van der Waals surface area contributed by atoms with E-state index in [1.54, 1.807) is 26.0 Å². The van der Waals surface area contributed by atoms with Gasteiger partial charge in [-0.25, -0.2) is 0 Å². The fraction of sp³-hybridized carbons (Fsp3) is 0.467. The van der Waals surface area contributed by atoms with Crippen LogP contribution in [0.3, 0.4) is 0 Å². The van der Waals surface area contributed by atoms with Crippen molar-refractivity contribution in [1.82, 2.24) is 0 Å². The van der Waals surface area contributed by atoms with Crippen LogP contribution in [0.5, 0.6) is 0 Å². The second kappa shape index (κ2) is 4.30. The van der Waals surface area contributed by atoms with Crippen molar-refractivity contribution < 1.29 is 9.47 Å². The number of thiophene rings is 1. The van der Waals surface area contributed by atoms with Crippen molar-refractivity contribution >= 4 is 17.2 Å². The topological polar surface area (TPSA) is 114 Å². The first kappa shape index (κ1) is 14.5. The molecule has 2 aliphatic heterocycles. The van der Waals surface area contributed by atoms with Crippen LogP contribution >= 0.6 is 11.3 Å². The lowest BCUT2D eigenvalue weighted by Crippen LogP contribution is -2.57. The van der Waals surface area contributed by atoms with E-state index >= 15 is 0 Å². The summed E-state index contributed by atoms with van der Waals surface area (Å²) < 4.78 is 11.5. The van der Waals surface area contributed by atoms with Gasteiger partial charge in [0.25, 0.3) is 0 Å². The zero-order valence-corrected chi connectivity index (χ0v) is 12.8. The Labute approximate surface area is 131 Å². The molecule has 22 heavy (non-hydrogen) atoms. The Kier molecular flexibility index (Phi) is 2.84. The number of nitrogens with zero attached hydrogens (tertiary/aromatic N) is 3. The van der Waals surface area contributed by atoms with Crippen LogP contribution in [0, 0.1) is 56.2 Å². The molecule has 2 aliphatic rings. The molecule has 6 nitrogen and oxygen atoms in total. The van der Waals surface area contributed by atoms with E-state index < -0.39 is 28.6 Å². The van der Waals surface area contributed by atoms with Gasteiger partial charge in [-0.3, -0.25) is 5.41 Å². The van der Waals surface area contributed by atoms with E-state index in [2.05, 4.69) is 0 Å². The van der Waals surface area contributed by atoms with Gasteiger partial charge in [0, 0.05) is 11.8 Å². The molecule has 1 aromatic heterocycles. The highest BCUT2D eigenvalue weighted by molar-refractivity contribution is 7.10. The Morgan fingerprint density at radius 1 is 1.27 bits per heavy atom. The van der Waals surface area contributed by atoms with Crippen molar-refractivity contribution in [3.63, 3.8) is 0 Å². The number of ether oxygens (including phenoxy) is 2. The van der Waals surface area contributed by atoms with Gasteiger partial charge >= 0.3 is 0 Å². The minimum Gasteiger partial charge on any atom is -0.448 e. The maximum atomic E-state index is 9.81. The molecular formula is C15H12N4O2S. The molecule has 3 heterocycles. The molecule has 2 fully saturated rings. The predicted molar refractivity (Wildman–Crippen MR) is 76.2 cm³/mol. The van der Waals surface area contributed by atoms with Crippen LogP contribution in [0.1, 0.15) is 24.8 Å². The fourth-order valence-corrected chi connectivity index (χ4v) is 4.22. The summed E-state index contributed by atoms with van der Waals surface area (Å²) in [5.74, 6) is -2.20. The molecule has 2 bridgehead atoms. The first-order valence-corrected chi connectivity index (χ1v) is 7.53. The van der Waals surface area contributed by atoms with Gasteiger partial charge in [0.2, 0.25) is 17.1 Å². The van der Waals surface area contributed by atoms with Crippen LogP contribution < -0.4 is 0 Å². The van der Waals surface area contributed by atoms with Crippen molar-refractivity contribution in [1.29, 1.82) is 21.2 Å². The second-order valence-corrected chi connectivity index (χ2v) is 6.61. The summed E-state index contributed by atoms with van der Waals surface area (Å²) in [6, 6.07) is 9.55. The van der Waals surface area contributed by atoms with Crippen LogP contribution in [-0.2, 0) is 9.47 Å². The van der Waals surface area contributed by atoms with E-state index in [9.17, 15) is 15.8 Å². The fourth-order valence-electron chi connectivity index (χ4n) is 3.40. The van der Waals surface area contributed by atoms with E-state index in [0.717, 1.165) is 0 Å². The van der Waals surface area contributed by atoms with Gasteiger partial charge in [0.05, 0.1) is 24.1 Å². The molecule has 0 saturated carbocycles. The molecular weight excluding hydrogens is 300 g/mol. The lowest BCUT2D eigenvalue weighted by Gasteiger charge is -2.47. The van der Waals surface area contributed by atoms with Crippen LogP contribution in [0.2, 0.25) is 0 Å². The van der Waals surface area contributed by atoms with Gasteiger partial charge in [0.1, 0.15) is 6.10 Å². The van der Waals surface area contributed by atoms with Crippen LogP contribution in [-0.4, -0.2) is 11.7 Å². The largest absolute Gasteiger partial charge is 0.448 e. The molecule has 0 radical (unpaired) electrons. The Morgan fingerprint density at radius 3 is 2.45 bits per heavy atom. The van der Waals surface area contributed by atoms with Crippen molar-refractivity contribution in [2.24, 2.45) is 16.7 Å². The van der Waals surface area contributed by atoms with Gasteiger partial charge < -0.3 is 9.47 Å². The van der Waals surface area contributed by atoms with Crippen LogP contribution in [0.25, 0.3) is 0 Å². The molecule has 4 atom stereocenters. The highest BCUT2D eigenvalue weighted by atomic mass is 32.1. The maximum Gasteiger partial charge on any atom is 0.214 e. The minimum absolute atomic E-state index is 0.368. The zero-order chi connectivity index (χ0) is 16.2. The van der Waals surface area contributed by atoms with Gasteiger partial charge in [-0.1, -0.05) is 13.0 Å². The van der Waals surface area contributed by atoms with Gasteiger partial charge in [-0.2, -0.15) is 15.8 Å². The average Bonchev–Trinajstić information content (AvgIpc) is 3.07. The molecule has 3 rings (SSSR count). The number of rotatable bonds is 1. The molecule has 0 spiro atoms. The normalized spacial score (nSPS) is 38.4. The van der Waals surface area contributed by atoms with E-state index in [1.165, 1.54) is 11.3 Å². The summed E-state index contributed by atoms with van der Waals surface area (Å²) in [5.41, 5.74) is -3.49. The quantitative estimate of drug-likeness (QED) is 0.856. The average molecular weight is 312 g/mol. The van der Waals surface area contributed by atoms with E-state index in [-0.39, 0.29) is 5.90 Å². The first-order chi connectivity index (χ1) is 10.4. The van der Waals surface area contributed by atoms with Crippen molar-refractivity contribution in [3.05, 3.63) is 22.4 Å². The molecule has 110 valence electrons. The van der Waals surface area contributed by atoms with Gasteiger partial charge in [-0.15, -0.1) is 11.3 Å². The number of hydrogen-bond donors (Lipinski definition) is 1. The summed E-state index contributed by atoms with van der Waals surface area (Å²) in [4.78, 5) is 0.666. The van der Waals surface area contributed by atoms with E-state index in [4.69, 9.17) is 14.9 Å². The molecule has 0 amide bonds. The third kappa shape index (κ3) is 1.32. The Hall–Kier alpha value is -2.40. The summed E-state index contributed by atoms with van der Waals surface area (Å²) in [6.45, 7) is 3.32. The number of nitrogens with one attached hydrogen (secondary N) is 1. The molecule has 7 heteroatoms. The first-order valence-electron chi connectivity index (χ1n) is 6.65. The molecule has 1 aromatic rings. The molecule has 1 N–H and O–H groups in total. The number of nitriles is 3. The van der Waals surface area contributed by atoms with Crippen molar-refractivity contribution in [3.8, 4) is 18.2 Å². The smallest absolute Gasteiger partial charge is 0.214 e. The summed E-state index contributed by atoms with van der Waals surface area (Å²) in [6.07, 6.45) is -0.939. The highest BCUT2D eigenvalue weighted by Crippen LogP contribution is 2.66. The third-order valence-electron chi connectivity index (χ3n) is 4.80. The maximum absolute atomic E-state index is 9.81. The Morgan fingerprint density at radius 2 is 1.95 bits per heavy atom. The summed E-state index contributed by atoms with van der Waals surface area (Å²) in [5, 5.41) is 39.3. The van der Waals surface area contributed by atoms with Crippen LogP contribution in [0.4, 0.5) is 0 Å². The lowest BCUT2D eigenvalue weighted by molar-refractivity contribution is -0.268. The highest BCUT2D eigenvalue weighted by Gasteiger charge is 2.78. The van der Waals surface area contributed by atoms with E-state index in [1.807, 2.05) is 23.6 Å². The van der Waals surface area contributed by atoms with Crippen molar-refractivity contribution in [2.75, 3.05) is 0 Å². The lowest BCUT2D eigenvalue weighted by atomic mass is 9.54. The predicted octanol–water partition coefficient (Wildman–Crippen LogP) is 2.72. The third-order valence-corrected chi connectivity index (χ3v) is 5.71. The summed E-state index contributed by atoms with van der Waals surface area (Å²) >= 11 is 1.34. The van der Waals surface area contributed by atoms with Crippen LogP contribution in [0.15, 0.2) is 17.5 Å². The molecule has 0 aliphatic carbocycles.